The van der Waals surface area contributed by atoms with E-state index in [1.165, 1.54) is 0 Å². The molecular weight excluding hydrogens is 208 g/mol. The zero-order valence-corrected chi connectivity index (χ0v) is 9.43. The number of nitrogens with zero attached hydrogens (tertiary/aromatic N) is 1. The molecule has 1 aliphatic rings. The first-order chi connectivity index (χ1) is 7.26. The summed E-state index contributed by atoms with van der Waals surface area (Å²) in [5, 5.41) is 4.05. The Balaban J connectivity index is 2.38. The van der Waals surface area contributed by atoms with E-state index >= 15 is 0 Å². The van der Waals surface area contributed by atoms with Gasteiger partial charge in [-0.05, 0) is 38.1 Å². The van der Waals surface area contributed by atoms with Crippen molar-refractivity contribution in [2.75, 3.05) is 13.1 Å². The molecule has 0 aromatic carbocycles. The van der Waals surface area contributed by atoms with Crippen LogP contribution in [0.15, 0.2) is 36.0 Å². The molecule has 15 heavy (non-hydrogen) atoms. The molecule has 0 aliphatic carbocycles. The standard InChI is InChI=1S/C12H15ClN2/c1-10(13)12(5-8-14-9-6-12)11-4-2-3-7-15-11/h2-4,7,14H,1,5-6,8-9H2. The molecule has 0 atom stereocenters. The van der Waals surface area contributed by atoms with Crippen molar-refractivity contribution < 1.29 is 0 Å². The molecule has 2 heterocycles. The van der Waals surface area contributed by atoms with Gasteiger partial charge < -0.3 is 5.32 Å². The van der Waals surface area contributed by atoms with E-state index < -0.39 is 0 Å². The lowest BCUT2D eigenvalue weighted by molar-refractivity contribution is 0.360. The number of hydrogen-bond acceptors (Lipinski definition) is 2. The van der Waals surface area contributed by atoms with E-state index in [9.17, 15) is 0 Å². The van der Waals surface area contributed by atoms with Crippen molar-refractivity contribution >= 4 is 11.6 Å². The Morgan fingerprint density at radius 1 is 1.40 bits per heavy atom. The summed E-state index contributed by atoms with van der Waals surface area (Å²) in [5.74, 6) is 0. The van der Waals surface area contributed by atoms with Crippen LogP contribution in [0.2, 0.25) is 0 Å². The molecule has 2 nitrogen and oxygen atoms in total. The molecule has 1 aromatic heterocycles. The molecular formula is C12H15ClN2. The number of nitrogens with one attached hydrogen (secondary N) is 1. The molecule has 80 valence electrons. The van der Waals surface area contributed by atoms with E-state index in [1.54, 1.807) is 0 Å². The van der Waals surface area contributed by atoms with E-state index in [-0.39, 0.29) is 5.41 Å². The Hall–Kier alpha value is -0.860. The second-order valence-corrected chi connectivity index (χ2v) is 4.41. The van der Waals surface area contributed by atoms with E-state index in [0.717, 1.165) is 31.6 Å². The smallest absolute Gasteiger partial charge is 0.0519 e. The van der Waals surface area contributed by atoms with Crippen LogP contribution >= 0.6 is 11.6 Å². The first-order valence-corrected chi connectivity index (χ1v) is 5.61. The zero-order valence-electron chi connectivity index (χ0n) is 8.67. The van der Waals surface area contributed by atoms with Gasteiger partial charge >= 0.3 is 0 Å². The van der Waals surface area contributed by atoms with Gasteiger partial charge in [0.05, 0.1) is 11.1 Å². The lowest BCUT2D eigenvalue weighted by Crippen LogP contribution is -2.40. The number of hydrogen-bond donors (Lipinski definition) is 1. The van der Waals surface area contributed by atoms with Crippen molar-refractivity contribution in [1.82, 2.24) is 10.3 Å². The second-order valence-electron chi connectivity index (χ2n) is 3.95. The summed E-state index contributed by atoms with van der Waals surface area (Å²) >= 11 is 6.19. The highest BCUT2D eigenvalue weighted by molar-refractivity contribution is 6.30. The second kappa shape index (κ2) is 4.33. The van der Waals surface area contributed by atoms with Crippen molar-refractivity contribution in [3.8, 4) is 0 Å². The van der Waals surface area contributed by atoms with E-state index in [0.29, 0.717) is 5.03 Å². The van der Waals surface area contributed by atoms with Crippen molar-refractivity contribution in [3.63, 3.8) is 0 Å². The maximum Gasteiger partial charge on any atom is 0.0519 e. The molecule has 1 saturated heterocycles. The minimum Gasteiger partial charge on any atom is -0.317 e. The predicted octanol–water partition coefficient (Wildman–Crippen LogP) is 2.46. The molecule has 1 fully saturated rings. The number of allylic oxidation sites excluding steroid dienone is 1. The largest absolute Gasteiger partial charge is 0.317 e. The van der Waals surface area contributed by atoms with Crippen LogP contribution < -0.4 is 5.32 Å². The molecule has 1 N–H and O–H groups in total. The molecule has 0 amide bonds. The molecule has 3 heteroatoms. The van der Waals surface area contributed by atoms with Crippen LogP contribution in [0.3, 0.4) is 0 Å². The van der Waals surface area contributed by atoms with Crippen LogP contribution in [0.25, 0.3) is 0 Å². The van der Waals surface area contributed by atoms with Crippen molar-refractivity contribution in [3.05, 3.63) is 41.7 Å². The number of aromatic nitrogens is 1. The summed E-state index contributed by atoms with van der Waals surface area (Å²) in [7, 11) is 0. The third kappa shape index (κ3) is 1.92. The van der Waals surface area contributed by atoms with Crippen LogP contribution in [-0.4, -0.2) is 18.1 Å². The van der Waals surface area contributed by atoms with E-state index in [1.807, 2.05) is 24.4 Å². The van der Waals surface area contributed by atoms with Crippen LogP contribution in [0.5, 0.6) is 0 Å². The van der Waals surface area contributed by atoms with Crippen LogP contribution in [0.1, 0.15) is 18.5 Å². The van der Waals surface area contributed by atoms with Gasteiger partial charge in [-0.15, -0.1) is 0 Å². The number of rotatable bonds is 2. The maximum absolute atomic E-state index is 6.19. The Morgan fingerprint density at radius 3 is 2.67 bits per heavy atom. The van der Waals surface area contributed by atoms with Gasteiger partial charge in [-0.1, -0.05) is 24.2 Å². The van der Waals surface area contributed by atoms with Crippen LogP contribution in [0.4, 0.5) is 0 Å². The molecule has 0 spiro atoms. The quantitative estimate of drug-likeness (QED) is 0.832. The highest BCUT2D eigenvalue weighted by Crippen LogP contribution is 2.40. The Kier molecular flexibility index (Phi) is 3.08. The molecule has 1 aliphatic heterocycles. The number of piperidine rings is 1. The lowest BCUT2D eigenvalue weighted by atomic mass is 9.75. The minimum atomic E-state index is -0.131. The summed E-state index contributed by atoms with van der Waals surface area (Å²) < 4.78 is 0. The molecule has 0 unspecified atom stereocenters. The van der Waals surface area contributed by atoms with Gasteiger partial charge in [0, 0.05) is 11.2 Å². The molecule has 0 saturated carbocycles. The summed E-state index contributed by atoms with van der Waals surface area (Å²) in [6.45, 7) is 5.87. The maximum atomic E-state index is 6.19. The van der Waals surface area contributed by atoms with Gasteiger partial charge in [-0.2, -0.15) is 0 Å². The highest BCUT2D eigenvalue weighted by Gasteiger charge is 2.37. The average Bonchev–Trinajstić information content (AvgIpc) is 2.31. The van der Waals surface area contributed by atoms with Gasteiger partial charge in [0.2, 0.25) is 0 Å². The predicted molar refractivity (Wildman–Crippen MR) is 63.0 cm³/mol. The van der Waals surface area contributed by atoms with Gasteiger partial charge in [-0.25, -0.2) is 0 Å². The van der Waals surface area contributed by atoms with E-state index in [2.05, 4.69) is 16.9 Å². The Labute approximate surface area is 95.4 Å². The minimum absolute atomic E-state index is 0.131. The van der Waals surface area contributed by atoms with Gasteiger partial charge in [-0.3, -0.25) is 4.98 Å². The SMILES string of the molecule is C=C(Cl)C1(c2ccccn2)CCNCC1. The molecule has 1 aromatic rings. The third-order valence-corrected chi connectivity index (χ3v) is 3.49. The van der Waals surface area contributed by atoms with Crippen molar-refractivity contribution in [2.45, 2.75) is 18.3 Å². The molecule has 0 bridgehead atoms. The van der Waals surface area contributed by atoms with Crippen molar-refractivity contribution in [2.24, 2.45) is 0 Å². The number of pyridine rings is 1. The molecule has 2 rings (SSSR count). The highest BCUT2D eigenvalue weighted by atomic mass is 35.5. The summed E-state index contributed by atoms with van der Waals surface area (Å²) in [5.41, 5.74) is 0.917. The lowest BCUT2D eigenvalue weighted by Gasteiger charge is -2.36. The normalized spacial score (nSPS) is 19.8. The summed E-state index contributed by atoms with van der Waals surface area (Å²) in [6, 6.07) is 5.97. The Morgan fingerprint density at radius 2 is 2.13 bits per heavy atom. The topological polar surface area (TPSA) is 24.9 Å². The molecule has 0 radical (unpaired) electrons. The first-order valence-electron chi connectivity index (χ1n) is 5.23. The van der Waals surface area contributed by atoms with Crippen LogP contribution in [0, 0.1) is 0 Å². The van der Waals surface area contributed by atoms with Gasteiger partial charge in [0.1, 0.15) is 0 Å². The monoisotopic (exact) mass is 222 g/mol. The zero-order chi connectivity index (χ0) is 10.7. The third-order valence-electron chi connectivity index (χ3n) is 3.13. The summed E-state index contributed by atoms with van der Waals surface area (Å²) in [6.07, 6.45) is 3.78. The summed E-state index contributed by atoms with van der Waals surface area (Å²) in [4.78, 5) is 4.42. The first kappa shape index (κ1) is 10.7. The Bertz CT molecular complexity index is 342. The average molecular weight is 223 g/mol. The van der Waals surface area contributed by atoms with Crippen molar-refractivity contribution in [1.29, 1.82) is 0 Å². The van der Waals surface area contributed by atoms with E-state index in [4.69, 9.17) is 11.6 Å². The fourth-order valence-corrected chi connectivity index (χ4v) is 2.45. The fourth-order valence-electron chi connectivity index (χ4n) is 2.17. The fraction of sp³-hybridized carbons (Fsp3) is 0.417. The van der Waals surface area contributed by atoms with Gasteiger partial charge in [0.25, 0.3) is 0 Å². The van der Waals surface area contributed by atoms with Gasteiger partial charge in [0.15, 0.2) is 0 Å². The number of halogens is 1. The van der Waals surface area contributed by atoms with Crippen LogP contribution in [-0.2, 0) is 5.41 Å².